The Morgan fingerprint density at radius 3 is 2.95 bits per heavy atom. The number of carbonyl (C=O) groups excluding carboxylic acids is 1. The topological polar surface area (TPSA) is 56.1 Å². The summed E-state index contributed by atoms with van der Waals surface area (Å²) in [5.74, 6) is -0.311. The minimum atomic E-state index is -0.311. The van der Waals surface area contributed by atoms with Gasteiger partial charge in [-0.1, -0.05) is 30.3 Å². The van der Waals surface area contributed by atoms with Gasteiger partial charge >= 0.3 is 5.97 Å². The quantitative estimate of drug-likeness (QED) is 0.876. The molecule has 1 N–H and O–H groups in total. The summed E-state index contributed by atoms with van der Waals surface area (Å²) in [5, 5.41) is 7.44. The highest BCUT2D eigenvalue weighted by atomic mass is 35.5. The van der Waals surface area contributed by atoms with E-state index >= 15 is 0 Å². The van der Waals surface area contributed by atoms with Crippen LogP contribution in [0.1, 0.15) is 21.6 Å². The third-order valence-electron chi connectivity index (χ3n) is 3.17. The van der Waals surface area contributed by atoms with Crippen molar-refractivity contribution in [3.63, 3.8) is 0 Å². The molecule has 0 amide bonds. The molecule has 1 aliphatic rings. The van der Waals surface area contributed by atoms with Gasteiger partial charge < -0.3 is 10.1 Å². The highest BCUT2D eigenvalue weighted by Gasteiger charge is 2.20. The number of fused-ring (bicyclic) bond motifs is 1. The summed E-state index contributed by atoms with van der Waals surface area (Å²) < 4.78 is 7.18. The molecule has 0 aliphatic carbocycles. The Morgan fingerprint density at radius 1 is 1.35 bits per heavy atom. The lowest BCUT2D eigenvalue weighted by Gasteiger charge is -2.15. The monoisotopic (exact) mass is 293 g/mol. The summed E-state index contributed by atoms with van der Waals surface area (Å²) >= 11 is 0. The molecule has 0 radical (unpaired) electrons. The minimum Gasteiger partial charge on any atom is -0.457 e. The normalized spacial score (nSPS) is 13.2. The van der Waals surface area contributed by atoms with Crippen molar-refractivity contribution in [2.45, 2.75) is 19.7 Å². The third-order valence-corrected chi connectivity index (χ3v) is 3.17. The van der Waals surface area contributed by atoms with Gasteiger partial charge in [0, 0.05) is 13.1 Å². The Balaban J connectivity index is 0.00000147. The van der Waals surface area contributed by atoms with Crippen LogP contribution in [0.4, 0.5) is 0 Å². The van der Waals surface area contributed by atoms with Crippen LogP contribution in [0.15, 0.2) is 36.5 Å². The first-order valence-corrected chi connectivity index (χ1v) is 6.31. The van der Waals surface area contributed by atoms with E-state index in [9.17, 15) is 4.79 Å². The highest BCUT2D eigenvalue weighted by Crippen LogP contribution is 2.13. The largest absolute Gasteiger partial charge is 0.457 e. The molecule has 0 saturated carbocycles. The Morgan fingerprint density at radius 2 is 2.15 bits per heavy atom. The second kappa shape index (κ2) is 6.54. The molecular formula is C14H16ClN3O2. The van der Waals surface area contributed by atoms with Crippen molar-refractivity contribution in [1.29, 1.82) is 0 Å². The van der Waals surface area contributed by atoms with Gasteiger partial charge in [0.05, 0.1) is 18.4 Å². The molecule has 0 atom stereocenters. The molecule has 1 aromatic heterocycles. The lowest BCUT2D eigenvalue weighted by atomic mass is 10.2. The third kappa shape index (κ3) is 3.00. The van der Waals surface area contributed by atoms with Crippen LogP contribution in [0.5, 0.6) is 0 Å². The molecule has 5 nitrogen and oxygen atoms in total. The first-order chi connectivity index (χ1) is 9.34. The first kappa shape index (κ1) is 14.6. The van der Waals surface area contributed by atoms with Crippen molar-refractivity contribution >= 4 is 18.4 Å². The van der Waals surface area contributed by atoms with Crippen molar-refractivity contribution in [2.75, 3.05) is 6.54 Å². The second-order valence-corrected chi connectivity index (χ2v) is 4.47. The molecule has 1 aliphatic heterocycles. The first-order valence-electron chi connectivity index (χ1n) is 6.31. The average Bonchev–Trinajstić information content (AvgIpc) is 2.90. The number of aromatic nitrogens is 2. The summed E-state index contributed by atoms with van der Waals surface area (Å²) in [4.78, 5) is 12.0. The van der Waals surface area contributed by atoms with Gasteiger partial charge in [-0.05, 0) is 5.56 Å². The molecular weight excluding hydrogens is 278 g/mol. The van der Waals surface area contributed by atoms with Gasteiger partial charge in [0.25, 0.3) is 0 Å². The molecule has 2 heterocycles. The Kier molecular flexibility index (Phi) is 4.76. The predicted octanol–water partition coefficient (Wildman–Crippen LogP) is 1.77. The van der Waals surface area contributed by atoms with Crippen molar-refractivity contribution in [3.8, 4) is 0 Å². The van der Waals surface area contributed by atoms with E-state index in [4.69, 9.17) is 4.74 Å². The van der Waals surface area contributed by atoms with Gasteiger partial charge in [0.2, 0.25) is 0 Å². The van der Waals surface area contributed by atoms with Crippen LogP contribution in [-0.2, 0) is 24.4 Å². The summed E-state index contributed by atoms with van der Waals surface area (Å²) in [7, 11) is 0. The zero-order valence-electron chi connectivity index (χ0n) is 10.9. The number of hydrogen-bond acceptors (Lipinski definition) is 4. The standard InChI is InChI=1S/C14H15N3O2.ClH/c18-14(19-10-11-4-2-1-3-5-11)12-8-16-17-7-6-15-9-13(12)17;/h1-5,8,15H,6-7,9-10H2;1H. The SMILES string of the molecule is Cl.O=C(OCc1ccccc1)c1cnn2c1CNCC2. The Hall–Kier alpha value is -1.85. The van der Waals surface area contributed by atoms with E-state index in [2.05, 4.69) is 10.4 Å². The number of rotatable bonds is 3. The highest BCUT2D eigenvalue weighted by molar-refractivity contribution is 5.90. The molecule has 106 valence electrons. The van der Waals surface area contributed by atoms with Crippen LogP contribution < -0.4 is 5.32 Å². The molecule has 6 heteroatoms. The van der Waals surface area contributed by atoms with Crippen LogP contribution in [0, 0.1) is 0 Å². The van der Waals surface area contributed by atoms with Gasteiger partial charge in [0.15, 0.2) is 0 Å². The number of carbonyl (C=O) groups is 1. The predicted molar refractivity (Wildman–Crippen MR) is 76.7 cm³/mol. The number of esters is 1. The molecule has 1 aromatic carbocycles. The van der Waals surface area contributed by atoms with E-state index in [-0.39, 0.29) is 25.0 Å². The van der Waals surface area contributed by atoms with Gasteiger partial charge in [-0.25, -0.2) is 4.79 Å². The summed E-state index contributed by atoms with van der Waals surface area (Å²) in [6.45, 7) is 2.63. The van der Waals surface area contributed by atoms with E-state index in [1.807, 2.05) is 35.0 Å². The molecule has 0 unspecified atom stereocenters. The Bertz CT molecular complexity index is 583. The average molecular weight is 294 g/mol. The fraction of sp³-hybridized carbons (Fsp3) is 0.286. The van der Waals surface area contributed by atoms with E-state index in [0.717, 1.165) is 24.3 Å². The van der Waals surface area contributed by atoms with Crippen molar-refractivity contribution in [3.05, 3.63) is 53.3 Å². The molecule has 3 rings (SSSR count). The number of halogens is 1. The lowest BCUT2D eigenvalue weighted by Crippen LogP contribution is -2.29. The van der Waals surface area contributed by atoms with Gasteiger partial charge in [-0.15, -0.1) is 12.4 Å². The zero-order chi connectivity index (χ0) is 13.1. The fourth-order valence-electron chi connectivity index (χ4n) is 2.15. The maximum atomic E-state index is 12.0. The van der Waals surface area contributed by atoms with E-state index in [1.165, 1.54) is 0 Å². The summed E-state index contributed by atoms with van der Waals surface area (Å²) in [5.41, 5.74) is 2.45. The van der Waals surface area contributed by atoms with Crippen molar-refractivity contribution < 1.29 is 9.53 Å². The van der Waals surface area contributed by atoms with Gasteiger partial charge in [-0.2, -0.15) is 5.10 Å². The number of nitrogens with zero attached hydrogens (tertiary/aromatic N) is 2. The van der Waals surface area contributed by atoms with Crippen LogP contribution in [0.25, 0.3) is 0 Å². The zero-order valence-corrected chi connectivity index (χ0v) is 11.7. The molecule has 2 aromatic rings. The molecule has 0 bridgehead atoms. The molecule has 0 fully saturated rings. The van der Waals surface area contributed by atoms with Crippen LogP contribution in [-0.4, -0.2) is 22.3 Å². The van der Waals surface area contributed by atoms with E-state index < -0.39 is 0 Å². The maximum Gasteiger partial charge on any atom is 0.342 e. The molecule has 0 spiro atoms. The summed E-state index contributed by atoms with van der Waals surface area (Å²) in [6, 6.07) is 9.65. The van der Waals surface area contributed by atoms with Crippen LogP contribution >= 0.6 is 12.4 Å². The fourth-order valence-corrected chi connectivity index (χ4v) is 2.15. The molecule has 20 heavy (non-hydrogen) atoms. The summed E-state index contributed by atoms with van der Waals surface area (Å²) in [6.07, 6.45) is 1.59. The number of ether oxygens (including phenoxy) is 1. The van der Waals surface area contributed by atoms with Crippen LogP contribution in [0.2, 0.25) is 0 Å². The van der Waals surface area contributed by atoms with Crippen molar-refractivity contribution in [1.82, 2.24) is 15.1 Å². The Labute approximate surface area is 123 Å². The number of benzene rings is 1. The molecule has 0 saturated heterocycles. The van der Waals surface area contributed by atoms with E-state index in [0.29, 0.717) is 12.1 Å². The smallest absolute Gasteiger partial charge is 0.342 e. The minimum absolute atomic E-state index is 0. The number of nitrogens with one attached hydrogen (secondary N) is 1. The van der Waals surface area contributed by atoms with Crippen molar-refractivity contribution in [2.24, 2.45) is 0 Å². The van der Waals surface area contributed by atoms with Gasteiger partial charge in [-0.3, -0.25) is 4.68 Å². The maximum absolute atomic E-state index is 12.0. The van der Waals surface area contributed by atoms with E-state index in [1.54, 1.807) is 6.20 Å². The van der Waals surface area contributed by atoms with Crippen LogP contribution in [0.3, 0.4) is 0 Å². The van der Waals surface area contributed by atoms with Gasteiger partial charge in [0.1, 0.15) is 12.2 Å². The second-order valence-electron chi connectivity index (χ2n) is 4.47. The lowest BCUT2D eigenvalue weighted by molar-refractivity contribution is 0.0470. The number of hydrogen-bond donors (Lipinski definition) is 1.